The van der Waals surface area contributed by atoms with E-state index in [1.165, 1.54) is 12.3 Å². The zero-order valence-corrected chi connectivity index (χ0v) is 7.87. The molecule has 0 saturated carbocycles. The van der Waals surface area contributed by atoms with Gasteiger partial charge in [-0.2, -0.15) is 0 Å². The molecule has 1 aromatic rings. The van der Waals surface area contributed by atoms with Crippen LogP contribution in [0.1, 0.15) is 12.0 Å². The van der Waals surface area contributed by atoms with Crippen LogP contribution in [-0.2, 0) is 11.3 Å². The molecule has 1 atom stereocenters. The number of hydrogen-bond donors (Lipinski definition) is 1. The molecule has 0 aliphatic carbocycles. The third-order valence-electron chi connectivity index (χ3n) is 2.29. The minimum absolute atomic E-state index is 0.285. The van der Waals surface area contributed by atoms with Crippen molar-refractivity contribution >= 4 is 0 Å². The van der Waals surface area contributed by atoms with E-state index in [1.54, 1.807) is 6.20 Å². The molecule has 2 heterocycles. The van der Waals surface area contributed by atoms with Crippen molar-refractivity contribution in [3.63, 3.8) is 0 Å². The van der Waals surface area contributed by atoms with Gasteiger partial charge in [0.1, 0.15) is 5.82 Å². The van der Waals surface area contributed by atoms with Crippen LogP contribution in [-0.4, -0.2) is 24.2 Å². The molecule has 1 saturated heterocycles. The highest BCUT2D eigenvalue weighted by atomic mass is 19.1. The molecule has 14 heavy (non-hydrogen) atoms. The molecule has 2 rings (SSSR count). The molecule has 3 nitrogen and oxygen atoms in total. The molecule has 1 N–H and O–H groups in total. The second-order valence-corrected chi connectivity index (χ2v) is 3.45. The quantitative estimate of drug-likeness (QED) is 0.786. The van der Waals surface area contributed by atoms with E-state index in [0.717, 1.165) is 25.2 Å². The largest absolute Gasteiger partial charge is 0.380 e. The molecule has 1 aliphatic heterocycles. The first-order valence-electron chi connectivity index (χ1n) is 4.75. The number of nitrogens with zero attached hydrogens (tertiary/aromatic N) is 1. The number of nitrogens with one attached hydrogen (secondary N) is 1. The average Bonchev–Trinajstić information content (AvgIpc) is 2.67. The van der Waals surface area contributed by atoms with Crippen LogP contribution in [0, 0.1) is 5.82 Å². The molecule has 1 aliphatic rings. The topological polar surface area (TPSA) is 34.2 Å². The van der Waals surface area contributed by atoms with Crippen LogP contribution in [0.2, 0.25) is 0 Å². The molecular formula is C10H13FN2O. The summed E-state index contributed by atoms with van der Waals surface area (Å²) in [5.41, 5.74) is 0.872. The minimum Gasteiger partial charge on any atom is -0.380 e. The van der Waals surface area contributed by atoms with Crippen molar-refractivity contribution in [3.8, 4) is 0 Å². The summed E-state index contributed by atoms with van der Waals surface area (Å²) in [6.45, 7) is 2.22. The van der Waals surface area contributed by atoms with E-state index in [4.69, 9.17) is 4.74 Å². The fraction of sp³-hybridized carbons (Fsp3) is 0.500. The Morgan fingerprint density at radius 3 is 3.21 bits per heavy atom. The average molecular weight is 196 g/mol. The number of halogens is 1. The Morgan fingerprint density at radius 1 is 1.57 bits per heavy atom. The van der Waals surface area contributed by atoms with Gasteiger partial charge in [0.15, 0.2) is 0 Å². The van der Waals surface area contributed by atoms with Crippen molar-refractivity contribution in [2.45, 2.75) is 19.0 Å². The third kappa shape index (κ3) is 2.49. The number of hydrogen-bond acceptors (Lipinski definition) is 3. The smallest absolute Gasteiger partial charge is 0.141 e. The molecular weight excluding hydrogens is 183 g/mol. The zero-order chi connectivity index (χ0) is 9.80. The van der Waals surface area contributed by atoms with Crippen molar-refractivity contribution in [2.24, 2.45) is 0 Å². The number of pyridine rings is 1. The molecule has 1 unspecified atom stereocenters. The second-order valence-electron chi connectivity index (χ2n) is 3.45. The fourth-order valence-electron chi connectivity index (χ4n) is 1.51. The lowest BCUT2D eigenvalue weighted by Gasteiger charge is -2.09. The Hall–Kier alpha value is -1.00. The lowest BCUT2D eigenvalue weighted by Crippen LogP contribution is -2.28. The molecule has 0 bridgehead atoms. The van der Waals surface area contributed by atoms with Crippen molar-refractivity contribution in [3.05, 3.63) is 29.8 Å². The Morgan fingerprint density at radius 2 is 2.50 bits per heavy atom. The van der Waals surface area contributed by atoms with E-state index in [1.807, 2.05) is 0 Å². The summed E-state index contributed by atoms with van der Waals surface area (Å²) >= 11 is 0. The first-order valence-corrected chi connectivity index (χ1v) is 4.75. The summed E-state index contributed by atoms with van der Waals surface area (Å²) in [6.07, 6.45) is 3.91. The minimum atomic E-state index is -0.285. The van der Waals surface area contributed by atoms with Crippen molar-refractivity contribution in [2.75, 3.05) is 13.2 Å². The van der Waals surface area contributed by atoms with Crippen molar-refractivity contribution in [1.29, 1.82) is 0 Å². The van der Waals surface area contributed by atoms with Crippen LogP contribution in [0.4, 0.5) is 4.39 Å². The van der Waals surface area contributed by atoms with Crippen LogP contribution in [0.15, 0.2) is 18.5 Å². The Kier molecular flexibility index (Phi) is 3.06. The van der Waals surface area contributed by atoms with E-state index in [9.17, 15) is 4.39 Å². The van der Waals surface area contributed by atoms with Gasteiger partial charge in [0.25, 0.3) is 0 Å². The standard InChI is InChI=1S/C10H13FN2O/c11-9-3-8(4-12-6-9)5-13-10-1-2-14-7-10/h3-4,6,10,13H,1-2,5,7H2. The zero-order valence-electron chi connectivity index (χ0n) is 7.87. The first-order chi connectivity index (χ1) is 6.84. The Balaban J connectivity index is 1.85. The predicted octanol–water partition coefficient (Wildman–Crippen LogP) is 1.10. The molecule has 0 aromatic carbocycles. The Bertz CT molecular complexity index is 300. The van der Waals surface area contributed by atoms with Crippen molar-refractivity contribution < 1.29 is 9.13 Å². The molecule has 0 radical (unpaired) electrons. The van der Waals surface area contributed by atoms with Gasteiger partial charge in [0.2, 0.25) is 0 Å². The SMILES string of the molecule is Fc1cncc(CNC2CCOC2)c1. The highest BCUT2D eigenvalue weighted by Crippen LogP contribution is 2.05. The maximum Gasteiger partial charge on any atom is 0.141 e. The summed E-state index contributed by atoms with van der Waals surface area (Å²) in [4.78, 5) is 3.78. The third-order valence-corrected chi connectivity index (χ3v) is 2.29. The van der Waals surface area contributed by atoms with Crippen LogP contribution < -0.4 is 5.32 Å². The lowest BCUT2D eigenvalue weighted by atomic mass is 10.2. The maximum absolute atomic E-state index is 12.8. The van der Waals surface area contributed by atoms with E-state index in [0.29, 0.717) is 12.6 Å². The summed E-state index contributed by atoms with van der Waals surface area (Å²) < 4.78 is 18.0. The predicted molar refractivity (Wildman–Crippen MR) is 50.3 cm³/mol. The van der Waals surface area contributed by atoms with Gasteiger partial charge in [-0.15, -0.1) is 0 Å². The van der Waals surface area contributed by atoms with Crippen LogP contribution in [0.3, 0.4) is 0 Å². The second kappa shape index (κ2) is 4.48. The van der Waals surface area contributed by atoms with E-state index in [2.05, 4.69) is 10.3 Å². The molecule has 1 fully saturated rings. The molecule has 4 heteroatoms. The van der Waals surface area contributed by atoms with Gasteiger partial charge < -0.3 is 10.1 Å². The van der Waals surface area contributed by atoms with Gasteiger partial charge >= 0.3 is 0 Å². The fourth-order valence-corrected chi connectivity index (χ4v) is 1.51. The monoisotopic (exact) mass is 196 g/mol. The number of ether oxygens (including phenoxy) is 1. The maximum atomic E-state index is 12.8. The van der Waals surface area contributed by atoms with Crippen LogP contribution in [0.25, 0.3) is 0 Å². The van der Waals surface area contributed by atoms with Gasteiger partial charge in [-0.3, -0.25) is 4.98 Å². The number of aromatic nitrogens is 1. The number of rotatable bonds is 3. The van der Waals surface area contributed by atoms with E-state index >= 15 is 0 Å². The van der Waals surface area contributed by atoms with Crippen LogP contribution >= 0.6 is 0 Å². The summed E-state index contributed by atoms with van der Waals surface area (Å²) in [6, 6.07) is 1.90. The summed E-state index contributed by atoms with van der Waals surface area (Å²) in [5.74, 6) is -0.285. The van der Waals surface area contributed by atoms with Gasteiger partial charge in [0.05, 0.1) is 12.8 Å². The molecule has 0 amide bonds. The summed E-state index contributed by atoms with van der Waals surface area (Å²) in [7, 11) is 0. The highest BCUT2D eigenvalue weighted by molar-refractivity contribution is 5.09. The summed E-state index contributed by atoms with van der Waals surface area (Å²) in [5, 5.41) is 3.29. The van der Waals surface area contributed by atoms with E-state index in [-0.39, 0.29) is 5.82 Å². The van der Waals surface area contributed by atoms with Gasteiger partial charge in [-0.25, -0.2) is 4.39 Å². The molecule has 76 valence electrons. The molecule has 0 spiro atoms. The lowest BCUT2D eigenvalue weighted by molar-refractivity contribution is 0.190. The molecule has 1 aromatic heterocycles. The van der Waals surface area contributed by atoms with Crippen molar-refractivity contribution in [1.82, 2.24) is 10.3 Å². The van der Waals surface area contributed by atoms with E-state index < -0.39 is 0 Å². The Labute approximate surface area is 82.3 Å². The first kappa shape index (κ1) is 9.55. The van der Waals surface area contributed by atoms with Gasteiger partial charge in [0, 0.05) is 25.4 Å². The highest BCUT2D eigenvalue weighted by Gasteiger charge is 2.14. The van der Waals surface area contributed by atoms with Crippen LogP contribution in [0.5, 0.6) is 0 Å². The van der Waals surface area contributed by atoms with Gasteiger partial charge in [-0.05, 0) is 18.1 Å². The normalized spacial score (nSPS) is 21.4. The van der Waals surface area contributed by atoms with Gasteiger partial charge in [-0.1, -0.05) is 0 Å².